The zero-order chi connectivity index (χ0) is 13.6. The number of fused-ring (bicyclic) bond motifs is 2. The van der Waals surface area contributed by atoms with Crippen molar-refractivity contribution in [3.63, 3.8) is 0 Å². The van der Waals surface area contributed by atoms with Gasteiger partial charge in [-0.15, -0.1) is 0 Å². The number of aromatic carboxylic acids is 1. The first-order valence-corrected chi connectivity index (χ1v) is 6.58. The lowest BCUT2D eigenvalue weighted by Gasteiger charge is -2.26. The van der Waals surface area contributed by atoms with Gasteiger partial charge in [0, 0.05) is 12.6 Å². The van der Waals surface area contributed by atoms with Crippen molar-refractivity contribution in [3.05, 3.63) is 29.1 Å². The van der Waals surface area contributed by atoms with Gasteiger partial charge in [0.25, 0.3) is 5.91 Å². The molecule has 1 aliphatic heterocycles. The Balaban J connectivity index is 1.84. The van der Waals surface area contributed by atoms with Crippen LogP contribution in [0.4, 0.5) is 0 Å². The van der Waals surface area contributed by atoms with Gasteiger partial charge in [-0.05, 0) is 44.2 Å². The highest BCUT2D eigenvalue weighted by molar-refractivity contribution is 5.94. The van der Waals surface area contributed by atoms with Crippen molar-refractivity contribution in [1.82, 2.24) is 9.88 Å². The Morgan fingerprint density at radius 1 is 1.37 bits per heavy atom. The second-order valence-electron chi connectivity index (χ2n) is 5.43. The molecule has 1 aromatic rings. The minimum atomic E-state index is -1.01. The summed E-state index contributed by atoms with van der Waals surface area (Å²) in [5, 5.41) is 8.96. The van der Waals surface area contributed by atoms with E-state index in [1.807, 2.05) is 4.90 Å². The number of aromatic nitrogens is 1. The standard InChI is InChI=1S/C14H16N2O3/c1-8-11(14(18)19)4-5-12(15-8)13(17)16-7-9-2-3-10(16)6-9/h4-5,9-10H,2-3,6-7H2,1H3,(H,18,19). The summed E-state index contributed by atoms with van der Waals surface area (Å²) in [6.07, 6.45) is 3.42. The van der Waals surface area contributed by atoms with Crippen molar-refractivity contribution in [1.29, 1.82) is 0 Å². The van der Waals surface area contributed by atoms with Crippen LogP contribution >= 0.6 is 0 Å². The van der Waals surface area contributed by atoms with Crippen molar-refractivity contribution in [2.24, 2.45) is 5.92 Å². The number of pyridine rings is 1. The highest BCUT2D eigenvalue weighted by Gasteiger charge is 2.40. The highest BCUT2D eigenvalue weighted by Crippen LogP contribution is 2.37. The minimum Gasteiger partial charge on any atom is -0.478 e. The molecule has 19 heavy (non-hydrogen) atoms. The number of carboxylic acid groups (broad SMARTS) is 1. The van der Waals surface area contributed by atoms with Gasteiger partial charge in [-0.2, -0.15) is 0 Å². The molecule has 1 saturated carbocycles. The molecular weight excluding hydrogens is 244 g/mol. The smallest absolute Gasteiger partial charge is 0.337 e. The van der Waals surface area contributed by atoms with Crippen molar-refractivity contribution >= 4 is 11.9 Å². The molecule has 100 valence electrons. The van der Waals surface area contributed by atoms with Crippen molar-refractivity contribution in [2.45, 2.75) is 32.2 Å². The van der Waals surface area contributed by atoms with Gasteiger partial charge < -0.3 is 10.0 Å². The van der Waals surface area contributed by atoms with Crippen LogP contribution in [0.1, 0.15) is 45.8 Å². The number of carbonyl (C=O) groups is 2. The van der Waals surface area contributed by atoms with Gasteiger partial charge in [0.2, 0.25) is 0 Å². The summed E-state index contributed by atoms with van der Waals surface area (Å²) in [5.74, 6) is -0.426. The molecule has 0 spiro atoms. The van der Waals surface area contributed by atoms with Gasteiger partial charge in [0.1, 0.15) is 5.69 Å². The van der Waals surface area contributed by atoms with E-state index in [2.05, 4.69) is 4.98 Å². The molecule has 2 atom stereocenters. The molecule has 1 amide bonds. The zero-order valence-corrected chi connectivity index (χ0v) is 10.8. The first-order chi connectivity index (χ1) is 9.06. The average molecular weight is 260 g/mol. The number of rotatable bonds is 2. The molecule has 0 radical (unpaired) electrons. The van der Waals surface area contributed by atoms with Crippen molar-refractivity contribution in [2.75, 3.05) is 6.54 Å². The van der Waals surface area contributed by atoms with Crippen LogP contribution in [0.5, 0.6) is 0 Å². The number of likely N-dealkylation sites (tertiary alicyclic amines) is 1. The van der Waals surface area contributed by atoms with E-state index in [9.17, 15) is 9.59 Å². The van der Waals surface area contributed by atoms with E-state index in [0.717, 1.165) is 19.4 Å². The highest BCUT2D eigenvalue weighted by atomic mass is 16.4. The number of nitrogens with zero attached hydrogens (tertiary/aromatic N) is 2. The van der Waals surface area contributed by atoms with Gasteiger partial charge in [-0.3, -0.25) is 4.79 Å². The normalized spacial score (nSPS) is 24.8. The molecule has 2 bridgehead atoms. The maximum atomic E-state index is 12.4. The quantitative estimate of drug-likeness (QED) is 0.878. The van der Waals surface area contributed by atoms with E-state index in [4.69, 9.17) is 5.11 Å². The number of aryl methyl sites for hydroxylation is 1. The molecule has 2 heterocycles. The predicted molar refractivity (Wildman–Crippen MR) is 68.1 cm³/mol. The summed E-state index contributed by atoms with van der Waals surface area (Å²) in [6, 6.07) is 3.34. The third-order valence-corrected chi connectivity index (χ3v) is 4.21. The van der Waals surface area contributed by atoms with Crippen LogP contribution < -0.4 is 0 Å². The summed E-state index contributed by atoms with van der Waals surface area (Å²) in [5.41, 5.74) is 0.900. The summed E-state index contributed by atoms with van der Waals surface area (Å²) in [4.78, 5) is 29.4. The first-order valence-electron chi connectivity index (χ1n) is 6.58. The van der Waals surface area contributed by atoms with Crippen LogP contribution in [-0.4, -0.2) is 39.5 Å². The largest absolute Gasteiger partial charge is 0.478 e. The fourth-order valence-electron chi connectivity index (χ4n) is 3.23. The second kappa shape index (κ2) is 4.33. The van der Waals surface area contributed by atoms with Crippen molar-refractivity contribution < 1.29 is 14.7 Å². The summed E-state index contributed by atoms with van der Waals surface area (Å²) < 4.78 is 0. The fraction of sp³-hybridized carbons (Fsp3) is 0.500. The average Bonchev–Trinajstić information content (AvgIpc) is 2.99. The second-order valence-corrected chi connectivity index (χ2v) is 5.43. The van der Waals surface area contributed by atoms with E-state index in [1.165, 1.54) is 18.6 Å². The number of hydrogen-bond acceptors (Lipinski definition) is 3. The molecule has 3 rings (SSSR count). The number of carboxylic acids is 1. The van der Waals surface area contributed by atoms with Crippen molar-refractivity contribution in [3.8, 4) is 0 Å². The molecule has 5 heteroatoms. The van der Waals surface area contributed by atoms with E-state index < -0.39 is 5.97 Å². The number of carbonyl (C=O) groups excluding carboxylic acids is 1. The molecular formula is C14H16N2O3. The lowest BCUT2D eigenvalue weighted by molar-refractivity contribution is 0.0680. The maximum Gasteiger partial charge on any atom is 0.337 e. The SMILES string of the molecule is Cc1nc(C(=O)N2CC3CCC2C3)ccc1C(=O)O. The number of piperidine rings is 1. The Morgan fingerprint density at radius 2 is 2.16 bits per heavy atom. The van der Waals surface area contributed by atoms with Gasteiger partial charge in [0.05, 0.1) is 11.3 Å². The topological polar surface area (TPSA) is 70.5 Å². The van der Waals surface area contributed by atoms with E-state index >= 15 is 0 Å². The van der Waals surface area contributed by atoms with E-state index in [0.29, 0.717) is 23.3 Å². The first kappa shape index (κ1) is 12.1. The third kappa shape index (κ3) is 1.99. The van der Waals surface area contributed by atoms with Crippen LogP contribution in [0.2, 0.25) is 0 Å². The van der Waals surface area contributed by atoms with Gasteiger partial charge in [0.15, 0.2) is 0 Å². The molecule has 1 N–H and O–H groups in total. The van der Waals surface area contributed by atoms with Crippen LogP contribution in [0.3, 0.4) is 0 Å². The molecule has 2 unspecified atom stereocenters. The monoisotopic (exact) mass is 260 g/mol. The molecule has 5 nitrogen and oxygen atoms in total. The van der Waals surface area contributed by atoms with E-state index in [1.54, 1.807) is 6.92 Å². The molecule has 2 fully saturated rings. The van der Waals surface area contributed by atoms with Crippen LogP contribution in [0.25, 0.3) is 0 Å². The molecule has 1 aliphatic carbocycles. The van der Waals surface area contributed by atoms with Crippen LogP contribution in [0, 0.1) is 12.8 Å². The van der Waals surface area contributed by atoms with Crippen LogP contribution in [0.15, 0.2) is 12.1 Å². The summed E-state index contributed by atoms with van der Waals surface area (Å²) >= 11 is 0. The lowest BCUT2D eigenvalue weighted by atomic mass is 10.1. The fourth-order valence-corrected chi connectivity index (χ4v) is 3.23. The zero-order valence-electron chi connectivity index (χ0n) is 10.8. The molecule has 1 aromatic heterocycles. The molecule has 1 saturated heterocycles. The minimum absolute atomic E-state index is 0.0627. The predicted octanol–water partition coefficient (Wildman–Crippen LogP) is 1.71. The Morgan fingerprint density at radius 3 is 2.68 bits per heavy atom. The van der Waals surface area contributed by atoms with Gasteiger partial charge >= 0.3 is 5.97 Å². The number of amides is 1. The Hall–Kier alpha value is -1.91. The lowest BCUT2D eigenvalue weighted by Crippen LogP contribution is -2.38. The van der Waals surface area contributed by atoms with E-state index in [-0.39, 0.29) is 11.5 Å². The van der Waals surface area contributed by atoms with Gasteiger partial charge in [-0.1, -0.05) is 0 Å². The molecule has 0 aromatic carbocycles. The number of hydrogen-bond donors (Lipinski definition) is 1. The summed E-state index contributed by atoms with van der Waals surface area (Å²) in [6.45, 7) is 2.45. The summed E-state index contributed by atoms with van der Waals surface area (Å²) in [7, 11) is 0. The maximum absolute atomic E-state index is 12.4. The Labute approximate surface area is 111 Å². The molecule has 2 aliphatic rings. The Bertz CT molecular complexity index is 556. The van der Waals surface area contributed by atoms with Gasteiger partial charge in [-0.25, -0.2) is 9.78 Å². The Kier molecular flexibility index (Phi) is 2.77. The van der Waals surface area contributed by atoms with Crippen LogP contribution in [-0.2, 0) is 0 Å². The third-order valence-electron chi connectivity index (χ3n) is 4.21.